The fourth-order valence-electron chi connectivity index (χ4n) is 13.4. The van der Waals surface area contributed by atoms with Crippen molar-refractivity contribution in [3.8, 4) is 0 Å². The number of hydrogen-bond donors (Lipinski definition) is 0. The Morgan fingerprint density at radius 2 is 1.29 bits per heavy atom. The van der Waals surface area contributed by atoms with Crippen LogP contribution in [0.1, 0.15) is 197 Å². The Labute approximate surface area is 443 Å². The first-order valence-corrected chi connectivity index (χ1v) is 28.9. The monoisotopic (exact) mass is 981 g/mol. The van der Waals surface area contributed by atoms with Crippen LogP contribution < -0.4 is 9.80 Å². The molecule has 0 amide bonds. The van der Waals surface area contributed by atoms with Gasteiger partial charge >= 0.3 is 0 Å². The Balaban J connectivity index is 1.29. The molecule has 0 aromatic heterocycles. The maximum absolute atomic E-state index is 2.81. The quantitative estimate of drug-likeness (QED) is 0.211. The summed E-state index contributed by atoms with van der Waals surface area (Å²) in [7, 11) is 0. The van der Waals surface area contributed by atoms with E-state index in [9.17, 15) is 0 Å². The first kappa shape index (κ1) is 52.6. The van der Waals surface area contributed by atoms with Crippen molar-refractivity contribution >= 4 is 28.8 Å². The molecule has 72 heavy (non-hydrogen) atoms. The van der Waals surface area contributed by atoms with Crippen molar-refractivity contribution in [1.29, 1.82) is 0 Å². The second-order valence-corrected chi connectivity index (χ2v) is 29.9. The zero-order valence-electron chi connectivity index (χ0n) is 48.2. The van der Waals surface area contributed by atoms with Crippen molar-refractivity contribution in [3.05, 3.63) is 171 Å². The van der Waals surface area contributed by atoms with E-state index in [0.717, 1.165) is 12.8 Å². The molecule has 1 aliphatic heterocycles. The van der Waals surface area contributed by atoms with E-state index >= 15 is 0 Å². The van der Waals surface area contributed by atoms with Crippen LogP contribution in [0.3, 0.4) is 0 Å². The molecule has 0 saturated heterocycles. The smallest absolute Gasteiger partial charge is 0.0626 e. The summed E-state index contributed by atoms with van der Waals surface area (Å²) >= 11 is 2.05. The van der Waals surface area contributed by atoms with Crippen LogP contribution in [0.15, 0.2) is 148 Å². The van der Waals surface area contributed by atoms with Crippen LogP contribution in [-0.4, -0.2) is 10.8 Å². The highest BCUT2D eigenvalue weighted by molar-refractivity contribution is 8.03. The minimum absolute atomic E-state index is 0.0169. The van der Waals surface area contributed by atoms with Gasteiger partial charge in [-0.1, -0.05) is 189 Å². The number of benzene rings is 3. The Hall–Kier alpha value is -4.21. The molecule has 0 N–H and O–H groups in total. The van der Waals surface area contributed by atoms with E-state index in [2.05, 4.69) is 249 Å². The Kier molecular flexibility index (Phi) is 13.4. The molecule has 3 aromatic carbocycles. The average molecular weight is 982 g/mol. The lowest BCUT2D eigenvalue weighted by molar-refractivity contribution is 0.199. The molecule has 2 saturated carbocycles. The zero-order valence-corrected chi connectivity index (χ0v) is 49.0. The minimum Gasteiger partial charge on any atom is -0.336 e. The zero-order chi connectivity index (χ0) is 52.2. The molecule has 4 unspecified atom stereocenters. The Morgan fingerprint density at radius 1 is 0.667 bits per heavy atom. The SMILES string of the molecule is CC/C=C(\C=C1/CC(C)(C)CCC1(C)C)N(c1cc(C)cc(N(C2=CSC3(C)C=C4C(=CC23)C(C)(C)CCC4(C)C)C2C=CC(C(C)(C)C)=CC2c2ccccc2)c1)c1ccc2c(c1)C(C)(C)CCC2(C)C. The van der Waals surface area contributed by atoms with E-state index in [0.29, 0.717) is 0 Å². The van der Waals surface area contributed by atoms with Crippen LogP contribution >= 0.6 is 11.8 Å². The molecule has 6 aliphatic rings. The third-order valence-electron chi connectivity index (χ3n) is 18.7. The fourth-order valence-corrected chi connectivity index (χ4v) is 14.6. The molecule has 1 heterocycles. The van der Waals surface area contributed by atoms with Gasteiger partial charge in [0.25, 0.3) is 0 Å². The summed E-state index contributed by atoms with van der Waals surface area (Å²) in [6, 6.07) is 26.5. The molecular formula is C69H92N2S. The van der Waals surface area contributed by atoms with Crippen LogP contribution in [0.2, 0.25) is 0 Å². The molecule has 3 heteroatoms. The number of fused-ring (bicyclic) bond motifs is 3. The Morgan fingerprint density at radius 3 is 1.96 bits per heavy atom. The highest BCUT2D eigenvalue weighted by atomic mass is 32.2. The van der Waals surface area contributed by atoms with Gasteiger partial charge in [-0.15, -0.1) is 11.8 Å². The topological polar surface area (TPSA) is 6.48 Å². The Bertz CT molecular complexity index is 2820. The molecule has 2 nitrogen and oxygen atoms in total. The van der Waals surface area contributed by atoms with Gasteiger partial charge in [-0.25, -0.2) is 0 Å². The van der Waals surface area contributed by atoms with Crippen molar-refractivity contribution in [2.75, 3.05) is 9.80 Å². The van der Waals surface area contributed by atoms with Gasteiger partial charge in [-0.2, -0.15) is 0 Å². The van der Waals surface area contributed by atoms with E-state index in [-0.39, 0.29) is 60.5 Å². The number of anilines is 3. The van der Waals surface area contributed by atoms with Gasteiger partial charge in [0.05, 0.1) is 6.04 Å². The van der Waals surface area contributed by atoms with Gasteiger partial charge in [0.2, 0.25) is 0 Å². The van der Waals surface area contributed by atoms with Crippen LogP contribution in [-0.2, 0) is 10.8 Å². The predicted molar refractivity (Wildman–Crippen MR) is 316 cm³/mol. The lowest BCUT2D eigenvalue weighted by Gasteiger charge is -2.50. The second kappa shape index (κ2) is 18.3. The number of aryl methyl sites for hydroxylation is 1. The molecular weight excluding hydrogens is 889 g/mol. The number of thioether (sulfide) groups is 1. The van der Waals surface area contributed by atoms with Gasteiger partial charge in [-0.3, -0.25) is 0 Å². The summed E-state index contributed by atoms with van der Waals surface area (Å²) in [5, 5.41) is 2.57. The van der Waals surface area contributed by atoms with Crippen molar-refractivity contribution in [2.45, 2.75) is 204 Å². The molecule has 4 atom stereocenters. The van der Waals surface area contributed by atoms with Crippen molar-refractivity contribution < 1.29 is 0 Å². The number of rotatable bonds is 9. The van der Waals surface area contributed by atoms with Gasteiger partial charge in [0.1, 0.15) is 0 Å². The van der Waals surface area contributed by atoms with E-state index in [1.807, 2.05) is 11.8 Å². The van der Waals surface area contributed by atoms with E-state index in [1.165, 1.54) is 94.8 Å². The standard InChI is InChI=1S/C69H92N2S/c1-19-23-50(38-49-43-63(6,7)30-31-64(49,8)9)70(51-27-28-55-56(41-51)66(12,13)33-32-65(55,10)11)52-36-46(2)37-53(40-52)71(60-29-26-48(62(3,4)5)39-54(60)47-24-21-20-22-25-47)61-45-72-69(18)44-59-57(42-58(61)69)67(14,15)34-35-68(59,16)17/h20-29,36-42,44-45,54,58,60H,19,30-35,43H2,1-18H3/b49-38+,50-23+. The van der Waals surface area contributed by atoms with E-state index in [4.69, 9.17) is 0 Å². The van der Waals surface area contributed by atoms with Crippen molar-refractivity contribution in [2.24, 2.45) is 33.0 Å². The highest BCUT2D eigenvalue weighted by Crippen LogP contribution is 2.61. The summed E-state index contributed by atoms with van der Waals surface area (Å²) in [6.07, 6.45) is 27.6. The molecule has 3 aromatic rings. The van der Waals surface area contributed by atoms with Crippen LogP contribution in [0, 0.1) is 39.9 Å². The number of allylic oxidation sites excluding steroid dienone is 8. The molecule has 384 valence electrons. The van der Waals surface area contributed by atoms with Crippen LogP contribution in [0.5, 0.6) is 0 Å². The van der Waals surface area contributed by atoms with Gasteiger partial charge in [-0.05, 0) is 184 Å². The maximum atomic E-state index is 2.81. The summed E-state index contributed by atoms with van der Waals surface area (Å²) in [6.45, 7) is 44.1. The average Bonchev–Trinajstić information content (AvgIpc) is 3.63. The third kappa shape index (κ3) is 9.81. The highest BCUT2D eigenvalue weighted by Gasteiger charge is 2.51. The van der Waals surface area contributed by atoms with Gasteiger partial charge in [0, 0.05) is 45.0 Å². The van der Waals surface area contributed by atoms with Crippen molar-refractivity contribution in [1.82, 2.24) is 0 Å². The van der Waals surface area contributed by atoms with E-state index < -0.39 is 0 Å². The summed E-state index contributed by atoms with van der Waals surface area (Å²) in [5.74, 6) is 0.342. The largest absolute Gasteiger partial charge is 0.336 e. The molecule has 2 fully saturated rings. The summed E-state index contributed by atoms with van der Waals surface area (Å²) in [4.78, 5) is 5.47. The minimum atomic E-state index is -0.101. The normalized spacial score (nSPS) is 28.2. The maximum Gasteiger partial charge on any atom is 0.0626 e. The molecule has 0 spiro atoms. The second-order valence-electron chi connectivity index (χ2n) is 28.5. The molecule has 0 bridgehead atoms. The molecule has 5 aliphatic carbocycles. The molecule has 9 rings (SSSR count). The van der Waals surface area contributed by atoms with Gasteiger partial charge in [0.15, 0.2) is 0 Å². The van der Waals surface area contributed by atoms with Crippen molar-refractivity contribution in [3.63, 3.8) is 0 Å². The first-order valence-electron chi connectivity index (χ1n) is 28.0. The molecule has 0 radical (unpaired) electrons. The lowest BCUT2D eigenvalue weighted by Crippen LogP contribution is -2.44. The number of nitrogens with zero attached hydrogens (tertiary/aromatic N) is 2. The number of hydrogen-bond acceptors (Lipinski definition) is 3. The fraction of sp³-hybridized carbons (Fsp3) is 0.536. The van der Waals surface area contributed by atoms with E-state index in [1.54, 1.807) is 16.7 Å². The van der Waals surface area contributed by atoms with Crippen LogP contribution in [0.4, 0.5) is 17.1 Å². The third-order valence-corrected chi connectivity index (χ3v) is 20.0. The summed E-state index contributed by atoms with van der Waals surface area (Å²) < 4.78 is -0.101. The first-order chi connectivity index (χ1) is 33.5. The summed E-state index contributed by atoms with van der Waals surface area (Å²) in [5.41, 5.74) is 19.0. The van der Waals surface area contributed by atoms with Gasteiger partial charge < -0.3 is 9.80 Å². The lowest BCUT2D eigenvalue weighted by atomic mass is 9.57. The van der Waals surface area contributed by atoms with Crippen LogP contribution in [0.25, 0.3) is 0 Å². The predicted octanol–water partition coefficient (Wildman–Crippen LogP) is 20.1.